The van der Waals surface area contributed by atoms with Crippen molar-refractivity contribution in [3.05, 3.63) is 53.6 Å². The van der Waals surface area contributed by atoms with Gasteiger partial charge in [-0.15, -0.1) is 0 Å². The number of amides is 1. The fraction of sp³-hybridized carbons (Fsp3) is 0.188. The highest BCUT2D eigenvalue weighted by molar-refractivity contribution is 6.01. The van der Waals surface area contributed by atoms with Gasteiger partial charge in [-0.25, -0.2) is 0 Å². The van der Waals surface area contributed by atoms with Gasteiger partial charge in [0.25, 0.3) is 5.91 Å². The molecule has 0 fully saturated rings. The third-order valence-electron chi connectivity index (χ3n) is 3.68. The van der Waals surface area contributed by atoms with Crippen LogP contribution in [0.4, 0.5) is 5.69 Å². The molecule has 1 atom stereocenters. The van der Waals surface area contributed by atoms with Gasteiger partial charge in [-0.2, -0.15) is 0 Å². The van der Waals surface area contributed by atoms with E-state index < -0.39 is 0 Å². The minimum Gasteiger partial charge on any atom is -0.504 e. The molecule has 0 radical (unpaired) electrons. The minimum atomic E-state index is -0.304. The summed E-state index contributed by atoms with van der Waals surface area (Å²) in [5, 5.41) is 13.0. The largest absolute Gasteiger partial charge is 0.504 e. The highest BCUT2D eigenvalue weighted by Gasteiger charge is 2.30. The van der Waals surface area contributed by atoms with E-state index >= 15 is 0 Å². The van der Waals surface area contributed by atoms with Crippen LogP contribution in [0.3, 0.4) is 0 Å². The number of phenolic OH excluding ortho intramolecular Hbond substituents is 1. The molecule has 21 heavy (non-hydrogen) atoms. The zero-order valence-corrected chi connectivity index (χ0v) is 11.8. The van der Waals surface area contributed by atoms with Gasteiger partial charge in [0, 0.05) is 12.7 Å². The van der Waals surface area contributed by atoms with Crippen molar-refractivity contribution < 1.29 is 14.6 Å². The van der Waals surface area contributed by atoms with Crippen molar-refractivity contribution in [2.45, 2.75) is 6.17 Å². The van der Waals surface area contributed by atoms with Crippen molar-refractivity contribution in [2.75, 3.05) is 19.5 Å². The average Bonchev–Trinajstić information content (AvgIpc) is 2.51. The van der Waals surface area contributed by atoms with Crippen LogP contribution in [0.5, 0.6) is 11.5 Å². The molecule has 0 aromatic heterocycles. The number of methoxy groups -OCH3 is 1. The van der Waals surface area contributed by atoms with Crippen LogP contribution < -0.4 is 10.1 Å². The quantitative estimate of drug-likeness (QED) is 0.890. The molecule has 5 nitrogen and oxygen atoms in total. The first-order valence-electron chi connectivity index (χ1n) is 6.61. The molecule has 0 saturated carbocycles. The van der Waals surface area contributed by atoms with E-state index in [1.807, 2.05) is 18.2 Å². The van der Waals surface area contributed by atoms with E-state index in [2.05, 4.69) is 5.32 Å². The standard InChI is InChI=1S/C16H16N2O3/c1-18-15(10-7-8-13(19)14(9-10)21-2)17-12-6-4-3-5-11(12)16(18)20/h3-9,15,17,19H,1-2H3. The van der Waals surface area contributed by atoms with Gasteiger partial charge in [-0.05, 0) is 29.8 Å². The van der Waals surface area contributed by atoms with E-state index in [0.717, 1.165) is 11.3 Å². The molecule has 0 aliphatic carbocycles. The van der Waals surface area contributed by atoms with E-state index in [0.29, 0.717) is 11.3 Å². The number of anilines is 1. The van der Waals surface area contributed by atoms with Gasteiger partial charge in [0.15, 0.2) is 11.5 Å². The third kappa shape index (κ3) is 2.16. The van der Waals surface area contributed by atoms with Crippen LogP contribution in [-0.2, 0) is 0 Å². The number of phenols is 1. The monoisotopic (exact) mass is 284 g/mol. The summed E-state index contributed by atoms with van der Waals surface area (Å²) in [5.74, 6) is 0.418. The molecule has 1 aliphatic heterocycles. The van der Waals surface area contributed by atoms with E-state index in [9.17, 15) is 9.90 Å². The number of ether oxygens (including phenoxy) is 1. The van der Waals surface area contributed by atoms with Crippen molar-refractivity contribution >= 4 is 11.6 Å². The molecular weight excluding hydrogens is 268 g/mol. The molecule has 3 rings (SSSR count). The van der Waals surface area contributed by atoms with E-state index in [1.54, 1.807) is 36.2 Å². The Bertz CT molecular complexity index is 700. The Hall–Kier alpha value is -2.69. The Morgan fingerprint density at radius 2 is 2.00 bits per heavy atom. The maximum absolute atomic E-state index is 12.4. The molecule has 0 saturated heterocycles. The maximum Gasteiger partial charge on any atom is 0.257 e. The summed E-state index contributed by atoms with van der Waals surface area (Å²) in [6, 6.07) is 12.5. The second kappa shape index (κ2) is 5.01. The van der Waals surface area contributed by atoms with E-state index in [4.69, 9.17) is 4.74 Å². The lowest BCUT2D eigenvalue weighted by Crippen LogP contribution is -2.40. The maximum atomic E-state index is 12.4. The first-order chi connectivity index (χ1) is 10.1. The van der Waals surface area contributed by atoms with Gasteiger partial charge in [-0.3, -0.25) is 4.79 Å². The van der Waals surface area contributed by atoms with Crippen LogP contribution in [-0.4, -0.2) is 30.1 Å². The zero-order chi connectivity index (χ0) is 15.0. The van der Waals surface area contributed by atoms with Crippen LogP contribution >= 0.6 is 0 Å². The number of benzene rings is 2. The van der Waals surface area contributed by atoms with Crippen molar-refractivity contribution in [1.29, 1.82) is 0 Å². The number of rotatable bonds is 2. The van der Waals surface area contributed by atoms with E-state index in [-0.39, 0.29) is 17.8 Å². The van der Waals surface area contributed by atoms with Crippen molar-refractivity contribution in [1.82, 2.24) is 4.90 Å². The number of carbonyl (C=O) groups excluding carboxylic acids is 1. The van der Waals surface area contributed by atoms with Gasteiger partial charge in [0.05, 0.1) is 12.7 Å². The van der Waals surface area contributed by atoms with E-state index in [1.165, 1.54) is 7.11 Å². The van der Waals surface area contributed by atoms with Crippen molar-refractivity contribution in [3.8, 4) is 11.5 Å². The smallest absolute Gasteiger partial charge is 0.257 e. The molecule has 1 aliphatic rings. The van der Waals surface area contributed by atoms with Crippen LogP contribution in [0.15, 0.2) is 42.5 Å². The Balaban J connectivity index is 2.02. The number of fused-ring (bicyclic) bond motifs is 1. The topological polar surface area (TPSA) is 61.8 Å². The van der Waals surface area contributed by atoms with Crippen LogP contribution in [0, 0.1) is 0 Å². The molecular formula is C16H16N2O3. The summed E-state index contributed by atoms with van der Waals surface area (Å²) in [6.45, 7) is 0. The first kappa shape index (κ1) is 13.3. The third-order valence-corrected chi connectivity index (χ3v) is 3.68. The fourth-order valence-corrected chi connectivity index (χ4v) is 2.52. The summed E-state index contributed by atoms with van der Waals surface area (Å²) in [5.41, 5.74) is 2.30. The number of para-hydroxylation sites is 1. The number of hydrogen-bond donors (Lipinski definition) is 2. The van der Waals surface area contributed by atoms with Crippen LogP contribution in [0.1, 0.15) is 22.1 Å². The molecule has 0 spiro atoms. The Morgan fingerprint density at radius 1 is 1.24 bits per heavy atom. The van der Waals surface area contributed by atoms with Crippen molar-refractivity contribution in [3.63, 3.8) is 0 Å². The summed E-state index contributed by atoms with van der Waals surface area (Å²) in [7, 11) is 3.24. The van der Waals surface area contributed by atoms with Crippen molar-refractivity contribution in [2.24, 2.45) is 0 Å². The second-order valence-corrected chi connectivity index (χ2v) is 4.94. The molecule has 1 unspecified atom stereocenters. The fourth-order valence-electron chi connectivity index (χ4n) is 2.52. The van der Waals surface area contributed by atoms with Gasteiger partial charge >= 0.3 is 0 Å². The second-order valence-electron chi connectivity index (χ2n) is 4.94. The number of hydrogen-bond acceptors (Lipinski definition) is 4. The average molecular weight is 284 g/mol. The summed E-state index contributed by atoms with van der Waals surface area (Å²) in [6.07, 6.45) is -0.304. The van der Waals surface area contributed by atoms with Crippen LogP contribution in [0.25, 0.3) is 0 Å². The summed E-state index contributed by atoms with van der Waals surface area (Å²) in [4.78, 5) is 14.1. The van der Waals surface area contributed by atoms with Crippen LogP contribution in [0.2, 0.25) is 0 Å². The van der Waals surface area contributed by atoms with Gasteiger partial charge < -0.3 is 20.1 Å². The molecule has 1 amide bonds. The lowest BCUT2D eigenvalue weighted by molar-refractivity contribution is 0.0735. The lowest BCUT2D eigenvalue weighted by Gasteiger charge is -2.35. The molecule has 1 heterocycles. The Morgan fingerprint density at radius 3 is 2.76 bits per heavy atom. The molecule has 2 aromatic rings. The Labute approximate surface area is 122 Å². The lowest BCUT2D eigenvalue weighted by atomic mass is 10.0. The number of carbonyl (C=O) groups is 1. The Kier molecular flexibility index (Phi) is 3.17. The predicted octanol–water partition coefficient (Wildman–Crippen LogP) is 2.60. The van der Waals surface area contributed by atoms with Gasteiger partial charge in [0.1, 0.15) is 6.17 Å². The SMILES string of the molecule is COc1cc(C2Nc3ccccc3C(=O)N2C)ccc1O. The molecule has 5 heteroatoms. The highest BCUT2D eigenvalue weighted by Crippen LogP contribution is 2.35. The summed E-state index contributed by atoms with van der Waals surface area (Å²) < 4.78 is 5.13. The number of nitrogens with zero attached hydrogens (tertiary/aromatic N) is 1. The van der Waals surface area contributed by atoms with Gasteiger partial charge in [0.2, 0.25) is 0 Å². The summed E-state index contributed by atoms with van der Waals surface area (Å²) >= 11 is 0. The molecule has 0 bridgehead atoms. The number of aromatic hydroxyl groups is 1. The molecule has 108 valence electrons. The predicted molar refractivity (Wildman–Crippen MR) is 79.6 cm³/mol. The molecule has 2 N–H and O–H groups in total. The number of nitrogens with one attached hydrogen (secondary N) is 1. The normalized spacial score (nSPS) is 17.1. The zero-order valence-electron chi connectivity index (χ0n) is 11.8. The van der Waals surface area contributed by atoms with Gasteiger partial charge in [-0.1, -0.05) is 18.2 Å². The minimum absolute atomic E-state index is 0.0404. The molecule has 2 aromatic carbocycles. The highest BCUT2D eigenvalue weighted by atomic mass is 16.5. The first-order valence-corrected chi connectivity index (χ1v) is 6.61.